The van der Waals surface area contributed by atoms with Crippen LogP contribution >= 0.6 is 34.8 Å². The smallest absolute Gasteiger partial charge is 0.264 e. The van der Waals surface area contributed by atoms with E-state index in [1.165, 1.54) is 29.2 Å². The lowest BCUT2D eigenvalue weighted by Gasteiger charge is -2.32. The van der Waals surface area contributed by atoms with Gasteiger partial charge in [-0.1, -0.05) is 72.4 Å². The van der Waals surface area contributed by atoms with Crippen LogP contribution in [0.5, 0.6) is 0 Å². The van der Waals surface area contributed by atoms with E-state index < -0.39 is 28.5 Å². The fraction of sp³-hybridized carbons (Fsp3) is 0.310. The Morgan fingerprint density at radius 1 is 0.875 bits per heavy atom. The van der Waals surface area contributed by atoms with E-state index >= 15 is 0 Å². The Kier molecular flexibility index (Phi) is 10.9. The summed E-state index contributed by atoms with van der Waals surface area (Å²) in [6.07, 6.45) is 0. The Hall–Kier alpha value is -2.78. The van der Waals surface area contributed by atoms with Crippen LogP contribution < -0.4 is 9.62 Å². The molecule has 1 atom stereocenters. The molecule has 0 aliphatic heterocycles. The molecule has 3 rings (SSSR count). The van der Waals surface area contributed by atoms with E-state index in [0.29, 0.717) is 27.2 Å². The monoisotopic (exact) mass is 623 g/mol. The lowest BCUT2D eigenvalue weighted by molar-refractivity contribution is -0.139. The molecule has 0 radical (unpaired) electrons. The van der Waals surface area contributed by atoms with Crippen molar-refractivity contribution < 1.29 is 18.0 Å². The molecule has 3 aromatic carbocycles. The number of rotatable bonds is 11. The van der Waals surface area contributed by atoms with Crippen molar-refractivity contribution in [2.24, 2.45) is 5.92 Å². The number of anilines is 1. The summed E-state index contributed by atoms with van der Waals surface area (Å²) in [5.41, 5.74) is 1.57. The number of halogens is 3. The minimum Gasteiger partial charge on any atom is -0.354 e. The Bertz CT molecular complexity index is 1430. The van der Waals surface area contributed by atoms with Crippen molar-refractivity contribution >= 4 is 62.3 Å². The Morgan fingerprint density at radius 2 is 1.45 bits per heavy atom. The van der Waals surface area contributed by atoms with E-state index in [9.17, 15) is 18.0 Å². The molecule has 0 bridgehead atoms. The molecule has 214 valence electrons. The molecular weight excluding hydrogens is 593 g/mol. The van der Waals surface area contributed by atoms with Crippen LogP contribution in [0.1, 0.15) is 31.9 Å². The number of carbonyl (C=O) groups excluding carboxylic acids is 2. The lowest BCUT2D eigenvalue weighted by atomic mass is 10.1. The molecule has 0 spiro atoms. The van der Waals surface area contributed by atoms with Gasteiger partial charge in [0.05, 0.1) is 10.6 Å². The second-order valence-corrected chi connectivity index (χ2v) is 13.0. The van der Waals surface area contributed by atoms with Crippen molar-refractivity contribution in [1.82, 2.24) is 10.2 Å². The van der Waals surface area contributed by atoms with E-state index in [1.807, 2.05) is 20.8 Å². The van der Waals surface area contributed by atoms with Gasteiger partial charge in [-0.15, -0.1) is 0 Å². The van der Waals surface area contributed by atoms with Crippen LogP contribution in [0.15, 0.2) is 71.6 Å². The first-order valence-electron chi connectivity index (χ1n) is 12.7. The molecule has 3 aromatic rings. The summed E-state index contributed by atoms with van der Waals surface area (Å²) in [5.74, 6) is -0.808. The molecule has 7 nitrogen and oxygen atoms in total. The molecule has 0 saturated heterocycles. The third-order valence-electron chi connectivity index (χ3n) is 6.24. The molecule has 0 aliphatic carbocycles. The molecule has 0 unspecified atom stereocenters. The summed E-state index contributed by atoms with van der Waals surface area (Å²) in [5, 5.41) is 3.89. The van der Waals surface area contributed by atoms with Gasteiger partial charge < -0.3 is 10.2 Å². The van der Waals surface area contributed by atoms with Crippen molar-refractivity contribution in [3.8, 4) is 0 Å². The first-order valence-corrected chi connectivity index (χ1v) is 15.2. The SMILES string of the molecule is Cc1ccc(S(=O)(=O)N(CC(=O)N(Cc2c(Cl)cccc2Cl)[C@H](C)C(=O)NCC(C)C)c2ccc(Cl)cc2)cc1. The molecular formula is C29H32Cl3N3O4S. The first kappa shape index (κ1) is 31.7. The van der Waals surface area contributed by atoms with Crippen molar-refractivity contribution in [3.63, 3.8) is 0 Å². The molecule has 1 N–H and O–H groups in total. The number of hydrogen-bond donors (Lipinski definition) is 1. The van der Waals surface area contributed by atoms with Crippen LogP contribution in [-0.2, 0) is 26.2 Å². The standard InChI is InChI=1S/C29H32Cl3N3O4S/c1-19(2)16-33-29(37)21(4)34(17-25-26(31)6-5-7-27(25)32)28(36)18-35(23-12-10-22(30)11-13-23)40(38,39)24-14-8-20(3)9-15-24/h5-15,19,21H,16-18H2,1-4H3,(H,33,37)/t21-/m1/s1. The van der Waals surface area contributed by atoms with Gasteiger partial charge in [-0.05, 0) is 68.3 Å². The maximum Gasteiger partial charge on any atom is 0.264 e. The third kappa shape index (κ3) is 7.91. The van der Waals surface area contributed by atoms with Gasteiger partial charge in [0.1, 0.15) is 12.6 Å². The van der Waals surface area contributed by atoms with E-state index in [-0.39, 0.29) is 29.0 Å². The number of nitrogens with one attached hydrogen (secondary N) is 1. The third-order valence-corrected chi connectivity index (χ3v) is 8.99. The summed E-state index contributed by atoms with van der Waals surface area (Å²) in [4.78, 5) is 28.3. The van der Waals surface area contributed by atoms with Crippen molar-refractivity contribution in [2.75, 3.05) is 17.4 Å². The normalized spacial score (nSPS) is 12.2. The fourth-order valence-electron chi connectivity index (χ4n) is 3.86. The van der Waals surface area contributed by atoms with E-state index in [1.54, 1.807) is 49.4 Å². The zero-order valence-electron chi connectivity index (χ0n) is 22.7. The average molecular weight is 625 g/mol. The molecule has 40 heavy (non-hydrogen) atoms. The van der Waals surface area contributed by atoms with E-state index in [0.717, 1.165) is 9.87 Å². The number of sulfonamides is 1. The second kappa shape index (κ2) is 13.7. The summed E-state index contributed by atoms with van der Waals surface area (Å²) in [7, 11) is -4.18. The van der Waals surface area contributed by atoms with Gasteiger partial charge in [0, 0.05) is 33.7 Å². The highest BCUT2D eigenvalue weighted by molar-refractivity contribution is 7.92. The highest BCUT2D eigenvalue weighted by atomic mass is 35.5. The van der Waals surface area contributed by atoms with Gasteiger partial charge in [-0.2, -0.15) is 0 Å². The highest BCUT2D eigenvalue weighted by Crippen LogP contribution is 2.29. The summed E-state index contributed by atoms with van der Waals surface area (Å²) >= 11 is 18.9. The first-order chi connectivity index (χ1) is 18.8. The average Bonchev–Trinajstić information content (AvgIpc) is 2.90. The topological polar surface area (TPSA) is 86.8 Å². The number of carbonyl (C=O) groups is 2. The number of nitrogens with zero attached hydrogens (tertiary/aromatic N) is 2. The van der Waals surface area contributed by atoms with E-state index in [2.05, 4.69) is 5.32 Å². The van der Waals surface area contributed by atoms with Crippen LogP contribution in [0, 0.1) is 12.8 Å². The van der Waals surface area contributed by atoms with Gasteiger partial charge in [-0.3, -0.25) is 13.9 Å². The molecule has 11 heteroatoms. The number of hydrogen-bond acceptors (Lipinski definition) is 4. The van der Waals surface area contributed by atoms with Crippen LogP contribution in [0.4, 0.5) is 5.69 Å². The van der Waals surface area contributed by atoms with Crippen molar-refractivity contribution in [3.05, 3.63) is 92.9 Å². The van der Waals surface area contributed by atoms with Crippen LogP contribution in [0.25, 0.3) is 0 Å². The van der Waals surface area contributed by atoms with Crippen LogP contribution in [-0.4, -0.2) is 44.3 Å². The molecule has 0 heterocycles. The van der Waals surface area contributed by atoms with Gasteiger partial charge in [0.2, 0.25) is 11.8 Å². The largest absolute Gasteiger partial charge is 0.354 e. The maximum atomic E-state index is 14.0. The molecule has 0 fully saturated rings. The van der Waals surface area contributed by atoms with E-state index in [4.69, 9.17) is 34.8 Å². The zero-order valence-corrected chi connectivity index (χ0v) is 25.8. The highest BCUT2D eigenvalue weighted by Gasteiger charge is 2.33. The molecule has 0 saturated carbocycles. The quantitative estimate of drug-likeness (QED) is 0.270. The van der Waals surface area contributed by atoms with Gasteiger partial charge >= 0.3 is 0 Å². The van der Waals surface area contributed by atoms with Crippen molar-refractivity contribution in [2.45, 2.75) is 45.2 Å². The van der Waals surface area contributed by atoms with Gasteiger partial charge in [0.25, 0.3) is 10.0 Å². The lowest BCUT2D eigenvalue weighted by Crippen LogP contribution is -2.51. The van der Waals surface area contributed by atoms with Crippen LogP contribution in [0.3, 0.4) is 0 Å². The Morgan fingerprint density at radius 3 is 2.00 bits per heavy atom. The van der Waals surface area contributed by atoms with Gasteiger partial charge in [0.15, 0.2) is 0 Å². The molecule has 0 aliphatic rings. The zero-order chi connectivity index (χ0) is 29.6. The predicted octanol–water partition coefficient (Wildman–Crippen LogP) is 6.34. The second-order valence-electron chi connectivity index (χ2n) is 9.84. The fourth-order valence-corrected chi connectivity index (χ4v) is 5.92. The van der Waals surface area contributed by atoms with Gasteiger partial charge in [-0.25, -0.2) is 8.42 Å². The minimum absolute atomic E-state index is 0.0178. The summed E-state index contributed by atoms with van der Waals surface area (Å²) in [6, 6.07) is 16.5. The summed E-state index contributed by atoms with van der Waals surface area (Å²) in [6.45, 7) is 7.07. The Balaban J connectivity index is 2.04. The predicted molar refractivity (Wildman–Crippen MR) is 161 cm³/mol. The minimum atomic E-state index is -4.18. The molecule has 0 aromatic heterocycles. The number of amides is 2. The van der Waals surface area contributed by atoms with Crippen LogP contribution in [0.2, 0.25) is 15.1 Å². The Labute approximate surface area is 251 Å². The van der Waals surface area contributed by atoms with Crippen molar-refractivity contribution in [1.29, 1.82) is 0 Å². The number of benzene rings is 3. The number of aryl methyl sites for hydroxylation is 1. The maximum absolute atomic E-state index is 14.0. The summed E-state index contributed by atoms with van der Waals surface area (Å²) < 4.78 is 28.7. The molecule has 2 amide bonds.